The summed E-state index contributed by atoms with van der Waals surface area (Å²) in [5.41, 5.74) is 1.73. The van der Waals surface area contributed by atoms with Crippen LogP contribution < -0.4 is 10.6 Å². The molecule has 2 rings (SSSR count). The molecule has 2 aromatic rings. The number of nitrogens with zero attached hydrogens (tertiary/aromatic N) is 1. The van der Waals surface area contributed by atoms with Crippen LogP contribution in [-0.2, 0) is 6.42 Å². The van der Waals surface area contributed by atoms with Gasteiger partial charge in [-0.2, -0.15) is 0 Å². The van der Waals surface area contributed by atoms with Crippen molar-refractivity contribution in [3.05, 3.63) is 70.5 Å². The van der Waals surface area contributed by atoms with Gasteiger partial charge >= 0.3 is 0 Å². The molecule has 0 amide bonds. The summed E-state index contributed by atoms with van der Waals surface area (Å²) < 4.78 is 14.2. The molecular formula is C19H23ClFN3S. The maximum atomic E-state index is 14.2. The largest absolute Gasteiger partial charge is 0.362 e. The van der Waals surface area contributed by atoms with Crippen molar-refractivity contribution in [3.63, 3.8) is 0 Å². The molecule has 2 N–H and O–H groups in total. The van der Waals surface area contributed by atoms with Crippen molar-refractivity contribution >= 4 is 28.9 Å². The molecule has 6 heteroatoms. The molecule has 3 nitrogen and oxygen atoms in total. The molecule has 0 saturated heterocycles. The minimum Gasteiger partial charge on any atom is -0.362 e. The lowest BCUT2D eigenvalue weighted by Crippen LogP contribution is -2.41. The van der Waals surface area contributed by atoms with Gasteiger partial charge in [0.15, 0.2) is 5.11 Å². The van der Waals surface area contributed by atoms with Crippen LogP contribution in [0.15, 0.2) is 48.5 Å². The summed E-state index contributed by atoms with van der Waals surface area (Å²) in [5.74, 6) is -0.309. The summed E-state index contributed by atoms with van der Waals surface area (Å²) in [6.07, 6.45) is 0.888. The molecule has 0 aliphatic rings. The lowest BCUT2D eigenvalue weighted by Gasteiger charge is -2.27. The Morgan fingerprint density at radius 2 is 1.84 bits per heavy atom. The molecule has 0 saturated carbocycles. The normalized spacial score (nSPS) is 12.0. The molecule has 0 spiro atoms. The van der Waals surface area contributed by atoms with E-state index >= 15 is 0 Å². The fourth-order valence-corrected chi connectivity index (χ4v) is 3.06. The number of rotatable bonds is 7. The van der Waals surface area contributed by atoms with Gasteiger partial charge in [-0.05, 0) is 50.4 Å². The zero-order valence-electron chi connectivity index (χ0n) is 14.4. The van der Waals surface area contributed by atoms with Crippen LogP contribution in [0.1, 0.15) is 17.2 Å². The summed E-state index contributed by atoms with van der Waals surface area (Å²) >= 11 is 11.5. The minimum atomic E-state index is -0.309. The van der Waals surface area contributed by atoms with Crippen LogP contribution in [0.2, 0.25) is 5.02 Å². The van der Waals surface area contributed by atoms with Gasteiger partial charge in [0.2, 0.25) is 0 Å². The molecule has 25 heavy (non-hydrogen) atoms. The molecule has 2 aromatic carbocycles. The zero-order valence-corrected chi connectivity index (χ0v) is 16.0. The van der Waals surface area contributed by atoms with E-state index in [4.69, 9.17) is 23.8 Å². The summed E-state index contributed by atoms with van der Waals surface area (Å²) in [4.78, 5) is 1.92. The van der Waals surface area contributed by atoms with Crippen molar-refractivity contribution in [2.45, 2.75) is 12.5 Å². The third-order valence-electron chi connectivity index (χ3n) is 3.95. The zero-order chi connectivity index (χ0) is 18.2. The smallest absolute Gasteiger partial charge is 0.166 e. The Morgan fingerprint density at radius 1 is 1.12 bits per heavy atom. The Morgan fingerprint density at radius 3 is 2.48 bits per heavy atom. The lowest BCUT2D eigenvalue weighted by molar-refractivity contribution is 0.291. The van der Waals surface area contributed by atoms with E-state index in [2.05, 4.69) is 22.8 Å². The Bertz CT molecular complexity index is 674. The molecule has 134 valence electrons. The van der Waals surface area contributed by atoms with Crippen molar-refractivity contribution in [1.29, 1.82) is 0 Å². The van der Waals surface area contributed by atoms with E-state index in [1.165, 1.54) is 11.6 Å². The molecule has 0 fully saturated rings. The first kappa shape index (κ1) is 19.6. The van der Waals surface area contributed by atoms with Gasteiger partial charge in [0.05, 0.1) is 6.04 Å². The van der Waals surface area contributed by atoms with Gasteiger partial charge in [-0.1, -0.05) is 48.0 Å². The highest BCUT2D eigenvalue weighted by molar-refractivity contribution is 7.80. The summed E-state index contributed by atoms with van der Waals surface area (Å²) in [7, 11) is 3.78. The average Bonchev–Trinajstić information content (AvgIpc) is 2.58. The molecular weight excluding hydrogens is 357 g/mol. The molecule has 0 unspecified atom stereocenters. The average molecular weight is 380 g/mol. The first-order valence-electron chi connectivity index (χ1n) is 8.15. The standard InChI is InChI=1S/C19H23ClFN3S/c1-24(2)17(18-15(20)9-6-10-16(18)21)13-23-19(25)22-12-11-14-7-4-3-5-8-14/h3-10,17H,11-13H2,1-2H3,(H2,22,23,25)/t17-/m0/s1. The Balaban J connectivity index is 1.87. The number of halogens is 2. The van der Waals surface area contributed by atoms with Gasteiger partial charge in [0, 0.05) is 23.7 Å². The second-order valence-electron chi connectivity index (χ2n) is 5.99. The van der Waals surface area contributed by atoms with Crippen LogP contribution in [0.4, 0.5) is 4.39 Å². The number of likely N-dealkylation sites (N-methyl/N-ethyl adjacent to an activating group) is 1. The third kappa shape index (κ3) is 5.96. The quantitative estimate of drug-likeness (QED) is 0.716. The van der Waals surface area contributed by atoms with Crippen LogP contribution in [0.25, 0.3) is 0 Å². The first-order valence-corrected chi connectivity index (χ1v) is 8.93. The maximum absolute atomic E-state index is 14.2. The van der Waals surface area contributed by atoms with E-state index in [9.17, 15) is 4.39 Å². The van der Waals surface area contributed by atoms with Crippen LogP contribution >= 0.6 is 23.8 Å². The first-order chi connectivity index (χ1) is 12.0. The van der Waals surface area contributed by atoms with Gasteiger partial charge in [-0.15, -0.1) is 0 Å². The monoisotopic (exact) mass is 379 g/mol. The summed E-state index contributed by atoms with van der Waals surface area (Å²) in [6, 6.07) is 14.7. The lowest BCUT2D eigenvalue weighted by atomic mass is 10.1. The number of benzene rings is 2. The van der Waals surface area contributed by atoms with Crippen molar-refractivity contribution in [1.82, 2.24) is 15.5 Å². The van der Waals surface area contributed by atoms with E-state index in [1.807, 2.05) is 37.2 Å². The molecule has 0 bridgehead atoms. The molecule has 0 aliphatic carbocycles. The Hall–Kier alpha value is -1.69. The predicted octanol–water partition coefficient (Wildman–Crippen LogP) is 3.79. The molecule has 0 radical (unpaired) electrons. The minimum absolute atomic E-state index is 0.220. The Labute approximate surface area is 159 Å². The maximum Gasteiger partial charge on any atom is 0.166 e. The number of hydrogen-bond donors (Lipinski definition) is 2. The molecule has 1 atom stereocenters. The molecule has 0 aromatic heterocycles. The highest BCUT2D eigenvalue weighted by Crippen LogP contribution is 2.28. The topological polar surface area (TPSA) is 27.3 Å². The van der Waals surface area contributed by atoms with Gasteiger partial charge in [0.1, 0.15) is 5.82 Å². The number of nitrogens with one attached hydrogen (secondary N) is 2. The number of thiocarbonyl (C=S) groups is 1. The van der Waals surface area contributed by atoms with Crippen LogP contribution in [-0.4, -0.2) is 37.2 Å². The summed E-state index contributed by atoms with van der Waals surface area (Å²) in [6.45, 7) is 1.20. The SMILES string of the molecule is CN(C)[C@@H](CNC(=S)NCCc1ccccc1)c1c(F)cccc1Cl. The Kier molecular flexibility index (Phi) is 7.62. The van der Waals surface area contributed by atoms with Crippen molar-refractivity contribution < 1.29 is 4.39 Å². The van der Waals surface area contributed by atoms with Gasteiger partial charge < -0.3 is 15.5 Å². The third-order valence-corrected chi connectivity index (χ3v) is 4.57. The molecule has 0 aliphatic heterocycles. The highest BCUT2D eigenvalue weighted by Gasteiger charge is 2.21. The van der Waals surface area contributed by atoms with Crippen LogP contribution in [0.5, 0.6) is 0 Å². The van der Waals surface area contributed by atoms with E-state index < -0.39 is 0 Å². The van der Waals surface area contributed by atoms with Gasteiger partial charge in [-0.25, -0.2) is 4.39 Å². The molecule has 0 heterocycles. The highest BCUT2D eigenvalue weighted by atomic mass is 35.5. The van der Waals surface area contributed by atoms with Crippen molar-refractivity contribution in [2.24, 2.45) is 0 Å². The fraction of sp³-hybridized carbons (Fsp3) is 0.316. The second kappa shape index (κ2) is 9.70. The predicted molar refractivity (Wildman–Crippen MR) is 107 cm³/mol. The fourth-order valence-electron chi connectivity index (χ4n) is 2.59. The second-order valence-corrected chi connectivity index (χ2v) is 6.80. The van der Waals surface area contributed by atoms with E-state index in [0.717, 1.165) is 13.0 Å². The van der Waals surface area contributed by atoms with E-state index in [-0.39, 0.29) is 11.9 Å². The van der Waals surface area contributed by atoms with Crippen LogP contribution in [0.3, 0.4) is 0 Å². The van der Waals surface area contributed by atoms with E-state index in [0.29, 0.717) is 22.2 Å². The van der Waals surface area contributed by atoms with E-state index in [1.54, 1.807) is 12.1 Å². The van der Waals surface area contributed by atoms with Crippen LogP contribution in [0, 0.1) is 5.82 Å². The number of hydrogen-bond acceptors (Lipinski definition) is 2. The van der Waals surface area contributed by atoms with Crippen molar-refractivity contribution in [2.75, 3.05) is 27.2 Å². The van der Waals surface area contributed by atoms with Gasteiger partial charge in [-0.3, -0.25) is 0 Å². The summed E-state index contributed by atoms with van der Waals surface area (Å²) in [5, 5.41) is 7.31. The van der Waals surface area contributed by atoms with Crippen molar-refractivity contribution in [3.8, 4) is 0 Å². The van der Waals surface area contributed by atoms with Gasteiger partial charge in [0.25, 0.3) is 0 Å².